The minimum absolute atomic E-state index is 0.149. The van der Waals surface area contributed by atoms with Crippen molar-refractivity contribution in [1.29, 1.82) is 0 Å². The summed E-state index contributed by atoms with van der Waals surface area (Å²) in [7, 11) is 1.59. The van der Waals surface area contributed by atoms with Gasteiger partial charge in [-0.15, -0.1) is 5.10 Å². The van der Waals surface area contributed by atoms with Crippen LogP contribution in [-0.2, 0) is 4.79 Å². The van der Waals surface area contributed by atoms with Gasteiger partial charge in [0.15, 0.2) is 0 Å². The fourth-order valence-electron chi connectivity index (χ4n) is 2.47. The van der Waals surface area contributed by atoms with Crippen LogP contribution in [0, 0.1) is 0 Å². The van der Waals surface area contributed by atoms with Crippen LogP contribution in [-0.4, -0.2) is 45.1 Å². The van der Waals surface area contributed by atoms with E-state index in [4.69, 9.17) is 9.47 Å². The zero-order valence-corrected chi connectivity index (χ0v) is 16.6. The van der Waals surface area contributed by atoms with E-state index in [-0.39, 0.29) is 5.91 Å². The first kappa shape index (κ1) is 19.7. The van der Waals surface area contributed by atoms with Gasteiger partial charge in [-0.2, -0.15) is 4.68 Å². The summed E-state index contributed by atoms with van der Waals surface area (Å²) in [4.78, 5) is 12.6. The zero-order valence-electron chi connectivity index (χ0n) is 15.8. The molecular formula is C19H21N5O3S. The molecule has 1 aromatic heterocycles. The van der Waals surface area contributed by atoms with Crippen LogP contribution in [0.3, 0.4) is 0 Å². The standard InChI is InChI=1S/C19H21N5O3S/c1-4-27-15-11-9-14(10-12-15)20-18(25)13(2)28-19-21-22-23-24(19)16-7-5-6-8-17(16)26-3/h5-13H,4H2,1-3H3,(H,20,25). The molecule has 0 aliphatic heterocycles. The highest BCUT2D eigenvalue weighted by molar-refractivity contribution is 8.00. The van der Waals surface area contributed by atoms with Crippen LogP contribution in [0.15, 0.2) is 53.7 Å². The maximum absolute atomic E-state index is 12.6. The SMILES string of the molecule is CCOc1ccc(NC(=O)C(C)Sc2nnnn2-c2ccccc2OC)cc1. The number of rotatable bonds is 8. The number of tetrazole rings is 1. The van der Waals surface area contributed by atoms with Crippen molar-refractivity contribution in [3.05, 3.63) is 48.5 Å². The summed E-state index contributed by atoms with van der Waals surface area (Å²) in [6.07, 6.45) is 0. The number of nitrogens with zero attached hydrogens (tertiary/aromatic N) is 4. The quantitative estimate of drug-likeness (QED) is 0.582. The molecule has 0 spiro atoms. The summed E-state index contributed by atoms with van der Waals surface area (Å²) in [5, 5.41) is 14.8. The van der Waals surface area contributed by atoms with Crippen LogP contribution in [0.1, 0.15) is 13.8 Å². The maximum Gasteiger partial charge on any atom is 0.237 e. The molecule has 0 aliphatic rings. The van der Waals surface area contributed by atoms with E-state index in [9.17, 15) is 4.79 Å². The van der Waals surface area contributed by atoms with Crippen molar-refractivity contribution in [2.24, 2.45) is 0 Å². The molecule has 1 heterocycles. The molecule has 8 nitrogen and oxygen atoms in total. The average Bonchev–Trinajstić information content (AvgIpc) is 3.17. The highest BCUT2D eigenvalue weighted by Crippen LogP contribution is 2.28. The number of hydrogen-bond donors (Lipinski definition) is 1. The minimum Gasteiger partial charge on any atom is -0.494 e. The van der Waals surface area contributed by atoms with Crippen LogP contribution in [0.4, 0.5) is 5.69 Å². The molecule has 1 amide bonds. The first-order valence-electron chi connectivity index (χ1n) is 8.74. The van der Waals surface area contributed by atoms with Crippen LogP contribution in [0.5, 0.6) is 11.5 Å². The summed E-state index contributed by atoms with van der Waals surface area (Å²) in [6.45, 7) is 4.32. The van der Waals surface area contributed by atoms with Gasteiger partial charge in [0.25, 0.3) is 0 Å². The molecule has 0 saturated carbocycles. The van der Waals surface area contributed by atoms with Gasteiger partial charge >= 0.3 is 0 Å². The first-order chi connectivity index (χ1) is 13.6. The van der Waals surface area contributed by atoms with Gasteiger partial charge in [0.1, 0.15) is 17.2 Å². The van der Waals surface area contributed by atoms with E-state index in [1.54, 1.807) is 30.8 Å². The molecule has 0 radical (unpaired) electrons. The van der Waals surface area contributed by atoms with Gasteiger partial charge in [-0.3, -0.25) is 4.79 Å². The monoisotopic (exact) mass is 399 g/mol. The Morgan fingerprint density at radius 2 is 1.96 bits per heavy atom. The second-order valence-electron chi connectivity index (χ2n) is 5.75. The third-order valence-electron chi connectivity index (χ3n) is 3.84. The first-order valence-corrected chi connectivity index (χ1v) is 9.62. The summed E-state index contributed by atoms with van der Waals surface area (Å²) in [6, 6.07) is 14.7. The van der Waals surface area contributed by atoms with Crippen molar-refractivity contribution < 1.29 is 14.3 Å². The highest BCUT2D eigenvalue weighted by atomic mass is 32.2. The second kappa shape index (κ2) is 9.23. The average molecular weight is 399 g/mol. The highest BCUT2D eigenvalue weighted by Gasteiger charge is 2.20. The van der Waals surface area contributed by atoms with Gasteiger partial charge < -0.3 is 14.8 Å². The van der Waals surface area contributed by atoms with Gasteiger partial charge in [-0.25, -0.2) is 0 Å². The topological polar surface area (TPSA) is 91.2 Å². The number of hydrogen-bond acceptors (Lipinski definition) is 7. The Bertz CT molecular complexity index is 929. The molecule has 2 aromatic carbocycles. The van der Waals surface area contributed by atoms with Crippen LogP contribution >= 0.6 is 11.8 Å². The van der Waals surface area contributed by atoms with Gasteiger partial charge in [-0.1, -0.05) is 23.9 Å². The van der Waals surface area contributed by atoms with Gasteiger partial charge in [0.2, 0.25) is 11.1 Å². The number of amides is 1. The molecule has 0 aliphatic carbocycles. The van der Waals surface area contributed by atoms with Gasteiger partial charge in [0.05, 0.1) is 19.0 Å². The van der Waals surface area contributed by atoms with E-state index in [0.717, 1.165) is 5.75 Å². The number of benzene rings is 2. The number of ether oxygens (including phenoxy) is 2. The fraction of sp³-hybridized carbons (Fsp3) is 0.263. The normalized spacial score (nSPS) is 11.7. The molecule has 146 valence electrons. The number of carbonyl (C=O) groups excluding carboxylic acids is 1. The van der Waals surface area contributed by atoms with Crippen molar-refractivity contribution in [3.63, 3.8) is 0 Å². The smallest absolute Gasteiger partial charge is 0.237 e. The lowest BCUT2D eigenvalue weighted by atomic mass is 10.3. The molecule has 0 bridgehead atoms. The van der Waals surface area contributed by atoms with E-state index >= 15 is 0 Å². The van der Waals surface area contributed by atoms with Crippen molar-refractivity contribution in [2.45, 2.75) is 24.3 Å². The number of carbonyl (C=O) groups is 1. The van der Waals surface area contributed by atoms with E-state index in [0.29, 0.717) is 28.9 Å². The van der Waals surface area contributed by atoms with E-state index in [1.807, 2.05) is 43.3 Å². The predicted molar refractivity (Wildman–Crippen MR) is 107 cm³/mol. The summed E-state index contributed by atoms with van der Waals surface area (Å²) in [5.74, 6) is 1.26. The molecule has 3 aromatic rings. The Balaban J connectivity index is 1.69. The lowest BCUT2D eigenvalue weighted by molar-refractivity contribution is -0.115. The Morgan fingerprint density at radius 1 is 1.21 bits per heavy atom. The second-order valence-corrected chi connectivity index (χ2v) is 7.06. The summed E-state index contributed by atoms with van der Waals surface area (Å²) < 4.78 is 12.3. The number of nitrogens with one attached hydrogen (secondary N) is 1. The number of thioether (sulfide) groups is 1. The molecule has 1 N–H and O–H groups in total. The van der Waals surface area contributed by atoms with E-state index in [2.05, 4.69) is 20.8 Å². The van der Waals surface area contributed by atoms with Crippen molar-refractivity contribution >= 4 is 23.4 Å². The van der Waals surface area contributed by atoms with Crippen molar-refractivity contribution in [3.8, 4) is 17.2 Å². The van der Waals surface area contributed by atoms with E-state index < -0.39 is 5.25 Å². The molecule has 9 heteroatoms. The number of anilines is 1. The number of methoxy groups -OCH3 is 1. The van der Waals surface area contributed by atoms with Crippen LogP contribution in [0.2, 0.25) is 0 Å². The molecular weight excluding hydrogens is 378 g/mol. The Labute approximate surface area is 167 Å². The maximum atomic E-state index is 12.6. The molecule has 28 heavy (non-hydrogen) atoms. The molecule has 0 saturated heterocycles. The molecule has 1 atom stereocenters. The number of para-hydroxylation sites is 2. The Morgan fingerprint density at radius 3 is 2.68 bits per heavy atom. The fourth-order valence-corrected chi connectivity index (χ4v) is 3.27. The van der Waals surface area contributed by atoms with Crippen LogP contribution in [0.25, 0.3) is 5.69 Å². The predicted octanol–water partition coefficient (Wildman–Crippen LogP) is 3.19. The van der Waals surface area contributed by atoms with Crippen LogP contribution < -0.4 is 14.8 Å². The zero-order chi connectivity index (χ0) is 19.9. The minimum atomic E-state index is -0.411. The van der Waals surface area contributed by atoms with Crippen molar-refractivity contribution in [1.82, 2.24) is 20.2 Å². The molecule has 1 unspecified atom stereocenters. The third-order valence-corrected chi connectivity index (χ3v) is 4.87. The lowest BCUT2D eigenvalue weighted by Crippen LogP contribution is -2.22. The summed E-state index contributed by atoms with van der Waals surface area (Å²) in [5.41, 5.74) is 1.40. The van der Waals surface area contributed by atoms with Crippen molar-refractivity contribution in [2.75, 3.05) is 19.0 Å². The summed E-state index contributed by atoms with van der Waals surface area (Å²) >= 11 is 1.26. The third kappa shape index (κ3) is 4.61. The Kier molecular flexibility index (Phi) is 6.49. The Hall–Kier alpha value is -3.07. The van der Waals surface area contributed by atoms with Gasteiger partial charge in [-0.05, 0) is 60.7 Å². The lowest BCUT2D eigenvalue weighted by Gasteiger charge is -2.13. The van der Waals surface area contributed by atoms with E-state index in [1.165, 1.54) is 11.8 Å². The molecule has 0 fully saturated rings. The molecule has 3 rings (SSSR count). The number of aromatic nitrogens is 4. The van der Waals surface area contributed by atoms with Gasteiger partial charge in [0, 0.05) is 5.69 Å². The largest absolute Gasteiger partial charge is 0.494 e.